The van der Waals surface area contributed by atoms with Crippen LogP contribution in [0.25, 0.3) is 0 Å². The molecule has 0 atom stereocenters. The van der Waals surface area contributed by atoms with Crippen LogP contribution in [-0.2, 0) is 4.79 Å². The molecule has 0 aliphatic carbocycles. The highest BCUT2D eigenvalue weighted by Gasteiger charge is 2.13. The minimum atomic E-state index is -0.206. The molecule has 2 rings (SSSR count). The maximum atomic E-state index is 11.5. The standard InChI is InChI=1S/C7H9N5O2S2/c8-5-6(12-14-11-5)10-4(13)3-16-7-9-1-2-15-7/h1-3H2,(H2,8,11)(H,10,12,13). The molecular weight excluding hydrogens is 250 g/mol. The van der Waals surface area contributed by atoms with E-state index in [1.165, 1.54) is 11.8 Å². The van der Waals surface area contributed by atoms with Crippen molar-refractivity contribution in [1.29, 1.82) is 0 Å². The third-order valence-corrected chi connectivity index (χ3v) is 3.91. The van der Waals surface area contributed by atoms with E-state index < -0.39 is 0 Å². The zero-order valence-corrected chi connectivity index (χ0v) is 9.81. The average Bonchev–Trinajstić information content (AvgIpc) is 2.88. The molecule has 0 spiro atoms. The molecule has 2 heterocycles. The lowest BCUT2D eigenvalue weighted by Crippen LogP contribution is -2.15. The number of amides is 1. The molecule has 0 aromatic carbocycles. The number of hydrogen-bond acceptors (Lipinski definition) is 8. The molecule has 1 aromatic rings. The van der Waals surface area contributed by atoms with Crippen molar-refractivity contribution >= 4 is 45.4 Å². The van der Waals surface area contributed by atoms with Crippen molar-refractivity contribution in [3.05, 3.63) is 0 Å². The van der Waals surface area contributed by atoms with Gasteiger partial charge in [0.2, 0.25) is 17.5 Å². The Morgan fingerprint density at radius 3 is 3.12 bits per heavy atom. The smallest absolute Gasteiger partial charge is 0.236 e. The van der Waals surface area contributed by atoms with Gasteiger partial charge >= 0.3 is 0 Å². The fourth-order valence-corrected chi connectivity index (χ4v) is 2.79. The van der Waals surface area contributed by atoms with E-state index in [1.54, 1.807) is 11.8 Å². The van der Waals surface area contributed by atoms with E-state index in [0.717, 1.165) is 16.7 Å². The highest BCUT2D eigenvalue weighted by Crippen LogP contribution is 2.22. The Morgan fingerprint density at radius 1 is 1.62 bits per heavy atom. The van der Waals surface area contributed by atoms with Gasteiger partial charge in [0.05, 0.1) is 12.3 Å². The van der Waals surface area contributed by atoms with Gasteiger partial charge in [-0.2, -0.15) is 0 Å². The second-order valence-corrected chi connectivity index (χ2v) is 5.14. The van der Waals surface area contributed by atoms with Crippen LogP contribution in [0.3, 0.4) is 0 Å². The van der Waals surface area contributed by atoms with Crippen LogP contribution in [0, 0.1) is 0 Å². The van der Waals surface area contributed by atoms with Crippen molar-refractivity contribution in [3.63, 3.8) is 0 Å². The van der Waals surface area contributed by atoms with Crippen LogP contribution < -0.4 is 11.1 Å². The fraction of sp³-hybridized carbons (Fsp3) is 0.429. The second kappa shape index (κ2) is 5.21. The summed E-state index contributed by atoms with van der Waals surface area (Å²) in [5.74, 6) is 1.29. The van der Waals surface area contributed by atoms with Gasteiger partial charge in [-0.1, -0.05) is 23.5 Å². The summed E-state index contributed by atoms with van der Waals surface area (Å²) < 4.78 is 5.30. The van der Waals surface area contributed by atoms with E-state index in [2.05, 4.69) is 25.3 Å². The summed E-state index contributed by atoms with van der Waals surface area (Å²) >= 11 is 3.06. The molecule has 3 N–H and O–H groups in total. The minimum Gasteiger partial charge on any atom is -0.378 e. The molecule has 0 bridgehead atoms. The Balaban J connectivity index is 1.78. The number of nitrogen functional groups attached to an aromatic ring is 1. The van der Waals surface area contributed by atoms with Gasteiger partial charge in [-0.05, 0) is 10.3 Å². The van der Waals surface area contributed by atoms with Crippen molar-refractivity contribution in [2.75, 3.05) is 29.1 Å². The van der Waals surface area contributed by atoms with Gasteiger partial charge in [-0.15, -0.1) is 0 Å². The zero-order valence-electron chi connectivity index (χ0n) is 8.17. The van der Waals surface area contributed by atoms with E-state index in [1.807, 2.05) is 0 Å². The molecule has 86 valence electrons. The molecule has 7 nitrogen and oxygen atoms in total. The predicted molar refractivity (Wildman–Crippen MR) is 64.6 cm³/mol. The Kier molecular flexibility index (Phi) is 3.67. The van der Waals surface area contributed by atoms with Crippen LogP contribution in [0.2, 0.25) is 0 Å². The summed E-state index contributed by atoms with van der Waals surface area (Å²) in [7, 11) is 0. The van der Waals surface area contributed by atoms with Gasteiger partial charge in [0, 0.05) is 5.75 Å². The summed E-state index contributed by atoms with van der Waals surface area (Å²) in [6.45, 7) is 0.828. The monoisotopic (exact) mass is 259 g/mol. The molecule has 9 heteroatoms. The van der Waals surface area contributed by atoms with E-state index in [9.17, 15) is 4.79 Å². The summed E-state index contributed by atoms with van der Waals surface area (Å²) in [6.07, 6.45) is 0. The van der Waals surface area contributed by atoms with Crippen molar-refractivity contribution in [1.82, 2.24) is 10.3 Å². The van der Waals surface area contributed by atoms with Gasteiger partial charge in [-0.25, -0.2) is 4.63 Å². The molecule has 1 aliphatic heterocycles. The van der Waals surface area contributed by atoms with Crippen molar-refractivity contribution in [3.8, 4) is 0 Å². The van der Waals surface area contributed by atoms with Gasteiger partial charge in [0.1, 0.15) is 4.38 Å². The molecule has 1 amide bonds. The van der Waals surface area contributed by atoms with Crippen LogP contribution >= 0.6 is 23.5 Å². The Hall–Kier alpha value is -1.22. The maximum Gasteiger partial charge on any atom is 0.236 e. The SMILES string of the molecule is Nc1nonc1NC(=O)CSC1=NCCS1. The molecule has 0 radical (unpaired) electrons. The quantitative estimate of drug-likeness (QED) is 0.810. The third kappa shape index (κ3) is 2.89. The topological polar surface area (TPSA) is 106 Å². The number of carbonyl (C=O) groups is 1. The van der Waals surface area contributed by atoms with Crippen LogP contribution in [-0.4, -0.2) is 38.6 Å². The van der Waals surface area contributed by atoms with Gasteiger partial charge in [0.15, 0.2) is 0 Å². The summed E-state index contributed by atoms with van der Waals surface area (Å²) in [4.78, 5) is 15.7. The number of nitrogens with zero attached hydrogens (tertiary/aromatic N) is 3. The summed E-state index contributed by atoms with van der Waals surface area (Å²) in [5.41, 5.74) is 5.39. The molecular formula is C7H9N5O2S2. The van der Waals surface area contributed by atoms with E-state index in [-0.39, 0.29) is 23.3 Å². The van der Waals surface area contributed by atoms with E-state index in [0.29, 0.717) is 0 Å². The van der Waals surface area contributed by atoms with Gasteiger partial charge < -0.3 is 11.1 Å². The number of nitrogens with two attached hydrogens (primary N) is 1. The molecule has 0 unspecified atom stereocenters. The average molecular weight is 259 g/mol. The third-order valence-electron chi connectivity index (χ3n) is 1.66. The Morgan fingerprint density at radius 2 is 2.50 bits per heavy atom. The first-order valence-corrected chi connectivity index (χ1v) is 6.41. The van der Waals surface area contributed by atoms with Crippen molar-refractivity contribution in [2.24, 2.45) is 4.99 Å². The molecule has 1 aliphatic rings. The molecule has 1 aromatic heterocycles. The number of aromatic nitrogens is 2. The lowest BCUT2D eigenvalue weighted by atomic mass is 10.6. The van der Waals surface area contributed by atoms with Crippen molar-refractivity contribution in [2.45, 2.75) is 0 Å². The lowest BCUT2D eigenvalue weighted by molar-refractivity contribution is -0.113. The largest absolute Gasteiger partial charge is 0.378 e. The lowest BCUT2D eigenvalue weighted by Gasteiger charge is -2.00. The number of anilines is 2. The number of hydrogen-bond donors (Lipinski definition) is 2. The van der Waals surface area contributed by atoms with E-state index >= 15 is 0 Å². The first-order chi connectivity index (χ1) is 7.75. The number of thioether (sulfide) groups is 2. The predicted octanol–water partition coefficient (Wildman–Crippen LogP) is 0.426. The minimum absolute atomic E-state index is 0.0749. The Bertz CT molecular complexity index is 419. The van der Waals surface area contributed by atoms with Crippen LogP contribution in [0.1, 0.15) is 0 Å². The van der Waals surface area contributed by atoms with Crippen molar-refractivity contribution < 1.29 is 9.42 Å². The first-order valence-electron chi connectivity index (χ1n) is 4.43. The van der Waals surface area contributed by atoms with Crippen LogP contribution in [0.15, 0.2) is 9.62 Å². The van der Waals surface area contributed by atoms with E-state index in [4.69, 9.17) is 5.73 Å². The number of nitrogens with one attached hydrogen (secondary N) is 1. The Labute approximate surface area is 99.6 Å². The molecule has 0 saturated heterocycles. The molecule has 0 saturated carbocycles. The number of aliphatic imine (C=N–C) groups is 1. The highest BCUT2D eigenvalue weighted by molar-refractivity contribution is 8.39. The van der Waals surface area contributed by atoms with Gasteiger partial charge in [0.25, 0.3) is 0 Å². The second-order valence-electron chi connectivity index (χ2n) is 2.83. The number of rotatable bonds is 3. The molecule has 0 fully saturated rings. The highest BCUT2D eigenvalue weighted by atomic mass is 32.2. The van der Waals surface area contributed by atoms with Crippen LogP contribution in [0.5, 0.6) is 0 Å². The fourth-order valence-electron chi connectivity index (χ4n) is 0.980. The van der Waals surface area contributed by atoms with Crippen LogP contribution in [0.4, 0.5) is 11.6 Å². The van der Waals surface area contributed by atoms with Gasteiger partial charge in [-0.3, -0.25) is 9.79 Å². The summed E-state index contributed by atoms with van der Waals surface area (Å²) in [6, 6.07) is 0. The maximum absolute atomic E-state index is 11.5. The zero-order chi connectivity index (χ0) is 11.4. The first kappa shape index (κ1) is 11.3. The number of carbonyl (C=O) groups excluding carboxylic acids is 1. The normalized spacial score (nSPS) is 14.9. The molecule has 16 heavy (non-hydrogen) atoms. The summed E-state index contributed by atoms with van der Waals surface area (Å²) in [5, 5.41) is 9.30.